The van der Waals surface area contributed by atoms with E-state index in [1.54, 1.807) is 0 Å². The van der Waals surface area contributed by atoms with Gasteiger partial charge in [0.2, 0.25) is 0 Å². The van der Waals surface area contributed by atoms with Gasteiger partial charge < -0.3 is 24.8 Å². The van der Waals surface area contributed by atoms with E-state index >= 15 is 0 Å². The first-order valence-corrected chi connectivity index (χ1v) is 5.88. The molecular weight excluding hydrogens is 354 g/mol. The van der Waals surface area contributed by atoms with Crippen LogP contribution >= 0.6 is 0 Å². The third kappa shape index (κ3) is 7.59. The van der Waals surface area contributed by atoms with E-state index in [2.05, 4.69) is 59.8 Å². The molecule has 1 aliphatic carbocycles. The molecule has 0 bridgehead atoms. The van der Waals surface area contributed by atoms with Crippen LogP contribution in [0.5, 0.6) is 0 Å². The van der Waals surface area contributed by atoms with Crippen molar-refractivity contribution in [1.82, 2.24) is 0 Å². The van der Waals surface area contributed by atoms with Crippen LogP contribution in [-0.2, 0) is 26.2 Å². The maximum Gasteiger partial charge on any atom is 4.00 e. The molecule has 0 N–H and O–H groups in total. The summed E-state index contributed by atoms with van der Waals surface area (Å²) in [6.45, 7) is 12.9. The molecule has 0 fully saturated rings. The van der Waals surface area contributed by atoms with Gasteiger partial charge in [0.1, 0.15) is 0 Å². The summed E-state index contributed by atoms with van der Waals surface area (Å²) in [5.41, 5.74) is 8.39. The molecule has 1 aromatic rings. The number of aryl methyl sites for hydroxylation is 2. The smallest absolute Gasteiger partial charge is 1.00 e. The van der Waals surface area contributed by atoms with E-state index < -0.39 is 0 Å². The first-order chi connectivity index (χ1) is 7.41. The van der Waals surface area contributed by atoms with E-state index in [0.29, 0.717) is 0 Å². The Morgan fingerprint density at radius 2 is 1.32 bits per heavy atom. The van der Waals surface area contributed by atoms with Crippen molar-refractivity contribution in [2.75, 3.05) is 0 Å². The van der Waals surface area contributed by atoms with Gasteiger partial charge in [0.15, 0.2) is 0 Å². The Bertz CT molecular complexity index is 417. The fraction of sp³-hybridized carbons (Fsp3) is 0.438. The van der Waals surface area contributed by atoms with Crippen LogP contribution in [0.2, 0.25) is 0 Å². The van der Waals surface area contributed by atoms with Gasteiger partial charge in [0.25, 0.3) is 0 Å². The molecular formula is C16H22Cl2Zr. The molecule has 0 nitrogen and oxygen atoms in total. The molecule has 104 valence electrons. The topological polar surface area (TPSA) is 0 Å². The van der Waals surface area contributed by atoms with Gasteiger partial charge in [-0.2, -0.15) is 33.9 Å². The molecule has 3 heteroatoms. The largest absolute Gasteiger partial charge is 4.00 e. The molecule has 0 aliphatic heterocycles. The molecule has 2 rings (SSSR count). The zero-order valence-electron chi connectivity index (χ0n) is 12.6. The Morgan fingerprint density at radius 3 is 1.42 bits per heavy atom. The van der Waals surface area contributed by atoms with Gasteiger partial charge in [-0.25, -0.2) is 11.6 Å². The van der Waals surface area contributed by atoms with Gasteiger partial charge >= 0.3 is 26.2 Å². The Labute approximate surface area is 150 Å². The second-order valence-corrected chi connectivity index (χ2v) is 4.76. The molecule has 0 atom stereocenters. The van der Waals surface area contributed by atoms with Gasteiger partial charge in [0.05, 0.1) is 0 Å². The molecule has 0 radical (unpaired) electrons. The Balaban J connectivity index is -0.000000237. The van der Waals surface area contributed by atoms with Crippen LogP contribution in [0.15, 0.2) is 23.3 Å². The number of hydrogen-bond acceptors (Lipinski definition) is 0. The Morgan fingerprint density at radius 1 is 0.895 bits per heavy atom. The Kier molecular flexibility index (Phi) is 14.1. The first kappa shape index (κ1) is 24.3. The average molecular weight is 376 g/mol. The second kappa shape index (κ2) is 11.0. The van der Waals surface area contributed by atoms with E-state index in [1.165, 1.54) is 33.4 Å². The molecule has 0 heterocycles. The second-order valence-electron chi connectivity index (χ2n) is 4.76. The molecule has 0 aromatic heterocycles. The van der Waals surface area contributed by atoms with Crippen molar-refractivity contribution in [2.24, 2.45) is 0 Å². The first-order valence-electron chi connectivity index (χ1n) is 5.88. The quantitative estimate of drug-likeness (QED) is 0.496. The third-order valence-electron chi connectivity index (χ3n) is 3.30. The minimum absolute atomic E-state index is 0. The fourth-order valence-corrected chi connectivity index (χ4v) is 1.88. The number of rotatable bonds is 0. The van der Waals surface area contributed by atoms with Gasteiger partial charge in [-0.1, -0.05) is 48.0 Å². The van der Waals surface area contributed by atoms with Crippen LogP contribution in [0.25, 0.3) is 0 Å². The zero-order valence-corrected chi connectivity index (χ0v) is 16.6. The summed E-state index contributed by atoms with van der Waals surface area (Å²) < 4.78 is 0. The Hall–Kier alpha value is 0.293. The molecule has 0 unspecified atom stereocenters. The van der Waals surface area contributed by atoms with Crippen LogP contribution in [-0.4, -0.2) is 0 Å². The molecule has 0 spiro atoms. The SMILES string of the molecule is CC1=[C-]C(C)=CC1.Cc1[cH-]c(C)c(C)c1C.[Cl-].[Cl-].[Zr+4]. The summed E-state index contributed by atoms with van der Waals surface area (Å²) in [5, 5.41) is 0. The van der Waals surface area contributed by atoms with E-state index in [0.717, 1.165) is 6.42 Å². The van der Waals surface area contributed by atoms with Crippen LogP contribution in [0.1, 0.15) is 42.5 Å². The predicted molar refractivity (Wildman–Crippen MR) is 71.8 cm³/mol. The van der Waals surface area contributed by atoms with E-state index in [4.69, 9.17) is 0 Å². The van der Waals surface area contributed by atoms with Crippen LogP contribution in [0, 0.1) is 33.8 Å². The van der Waals surface area contributed by atoms with Gasteiger partial charge in [-0.15, -0.1) is 0 Å². The summed E-state index contributed by atoms with van der Waals surface area (Å²) in [6, 6.07) is 2.24. The predicted octanol–water partition coefficient (Wildman–Crippen LogP) is -1.27. The molecule has 19 heavy (non-hydrogen) atoms. The van der Waals surface area contributed by atoms with Gasteiger partial charge in [-0.3, -0.25) is 6.08 Å². The standard InChI is InChI=1S/C9H13.C7H9.2ClH.Zr/c1-6-5-7(2)9(4)8(6)3;1-6-3-4-7(2)5-6;;;/h5H,1-4H3;3H,4H2,1-2H3;2*1H;/q2*-1;;;+4/p-2. The summed E-state index contributed by atoms with van der Waals surface area (Å²) >= 11 is 0. The van der Waals surface area contributed by atoms with Gasteiger partial charge in [-0.05, 0) is 0 Å². The van der Waals surface area contributed by atoms with E-state index in [9.17, 15) is 0 Å². The number of halogens is 2. The monoisotopic (exact) mass is 374 g/mol. The van der Waals surface area contributed by atoms with Crippen LogP contribution < -0.4 is 24.8 Å². The van der Waals surface area contributed by atoms with Crippen molar-refractivity contribution < 1.29 is 51.0 Å². The normalized spacial score (nSPS) is 11.9. The molecule has 0 saturated carbocycles. The fourth-order valence-electron chi connectivity index (χ4n) is 1.88. The number of allylic oxidation sites excluding steroid dienone is 4. The zero-order chi connectivity index (χ0) is 12.3. The molecule has 1 aliphatic rings. The van der Waals surface area contributed by atoms with Crippen LogP contribution in [0.3, 0.4) is 0 Å². The summed E-state index contributed by atoms with van der Waals surface area (Å²) in [4.78, 5) is 0. The van der Waals surface area contributed by atoms with Crippen molar-refractivity contribution in [3.05, 3.63) is 51.6 Å². The van der Waals surface area contributed by atoms with Crippen molar-refractivity contribution in [3.8, 4) is 0 Å². The summed E-state index contributed by atoms with van der Waals surface area (Å²) in [6.07, 6.45) is 6.50. The summed E-state index contributed by atoms with van der Waals surface area (Å²) in [5.74, 6) is 0. The summed E-state index contributed by atoms with van der Waals surface area (Å²) in [7, 11) is 0. The van der Waals surface area contributed by atoms with Crippen molar-refractivity contribution in [2.45, 2.75) is 48.0 Å². The minimum atomic E-state index is 0. The van der Waals surface area contributed by atoms with Crippen molar-refractivity contribution >= 4 is 0 Å². The molecule has 0 saturated heterocycles. The van der Waals surface area contributed by atoms with Gasteiger partial charge in [0, 0.05) is 0 Å². The van der Waals surface area contributed by atoms with E-state index in [-0.39, 0.29) is 51.0 Å². The maximum atomic E-state index is 3.19. The third-order valence-corrected chi connectivity index (χ3v) is 3.30. The molecule has 1 aromatic carbocycles. The van der Waals surface area contributed by atoms with Crippen LogP contribution in [0.4, 0.5) is 0 Å². The van der Waals surface area contributed by atoms with Crippen molar-refractivity contribution in [3.63, 3.8) is 0 Å². The minimum Gasteiger partial charge on any atom is -1.00 e. The van der Waals surface area contributed by atoms with E-state index in [1.807, 2.05) is 0 Å². The number of hydrogen-bond donors (Lipinski definition) is 0. The maximum absolute atomic E-state index is 3.19. The molecule has 0 amide bonds. The average Bonchev–Trinajstić information content (AvgIpc) is 2.68. The van der Waals surface area contributed by atoms with Crippen molar-refractivity contribution in [1.29, 1.82) is 0 Å².